The van der Waals surface area contributed by atoms with Crippen molar-refractivity contribution in [2.24, 2.45) is 0 Å². The third-order valence-electron chi connectivity index (χ3n) is 3.47. The van der Waals surface area contributed by atoms with E-state index in [4.69, 9.17) is 4.74 Å². The summed E-state index contributed by atoms with van der Waals surface area (Å²) in [4.78, 5) is 23.0. The molecule has 3 nitrogen and oxygen atoms in total. The van der Waals surface area contributed by atoms with Crippen molar-refractivity contribution in [2.45, 2.75) is 6.92 Å². The Morgan fingerprint density at radius 1 is 0.909 bits per heavy atom. The van der Waals surface area contributed by atoms with E-state index in [0.717, 1.165) is 22.6 Å². The van der Waals surface area contributed by atoms with E-state index in [1.165, 1.54) is 0 Å². The Morgan fingerprint density at radius 2 is 1.59 bits per heavy atom. The smallest absolute Gasteiger partial charge is 0.343 e. The predicted octanol–water partition coefficient (Wildman–Crippen LogP) is 4.18. The van der Waals surface area contributed by atoms with E-state index in [9.17, 15) is 9.59 Å². The van der Waals surface area contributed by atoms with Gasteiger partial charge in [-0.1, -0.05) is 35.9 Å². The molecular weight excluding hydrogens is 276 g/mol. The van der Waals surface area contributed by atoms with E-state index in [1.807, 2.05) is 31.2 Å². The van der Waals surface area contributed by atoms with Crippen molar-refractivity contribution in [3.8, 4) is 5.75 Å². The molecule has 0 aliphatic carbocycles. The van der Waals surface area contributed by atoms with Crippen LogP contribution in [-0.2, 0) is 0 Å². The summed E-state index contributed by atoms with van der Waals surface area (Å²) in [5.74, 6) is 0.122. The van der Waals surface area contributed by atoms with Crippen LogP contribution in [0, 0.1) is 6.92 Å². The number of carbonyl (C=O) groups excluding carboxylic acids is 2. The second-order valence-corrected chi connectivity index (χ2v) is 5.14. The first-order valence-electron chi connectivity index (χ1n) is 6.93. The Hall–Kier alpha value is -2.94. The standard InChI is InChI=1S/C19H14O3/c1-13-2-8-18(9-3-13)22-19(21)17-7-6-15-10-14(12-20)4-5-16(15)11-17/h2-12H,1H3. The molecule has 0 fully saturated rings. The molecule has 3 aromatic rings. The quantitative estimate of drug-likeness (QED) is 0.413. The molecule has 0 N–H and O–H groups in total. The van der Waals surface area contributed by atoms with Gasteiger partial charge in [0.2, 0.25) is 0 Å². The minimum Gasteiger partial charge on any atom is -0.423 e. The van der Waals surface area contributed by atoms with Gasteiger partial charge >= 0.3 is 5.97 Å². The number of hydrogen-bond donors (Lipinski definition) is 0. The number of rotatable bonds is 3. The fraction of sp³-hybridized carbons (Fsp3) is 0.0526. The van der Waals surface area contributed by atoms with Gasteiger partial charge in [0, 0.05) is 5.56 Å². The van der Waals surface area contributed by atoms with Crippen molar-refractivity contribution in [2.75, 3.05) is 0 Å². The first-order chi connectivity index (χ1) is 10.7. The first-order valence-corrected chi connectivity index (χ1v) is 6.93. The molecule has 3 rings (SSSR count). The van der Waals surface area contributed by atoms with Crippen molar-refractivity contribution >= 4 is 23.0 Å². The summed E-state index contributed by atoms with van der Waals surface area (Å²) in [6.07, 6.45) is 0.805. The third kappa shape index (κ3) is 2.88. The molecule has 108 valence electrons. The maximum atomic E-state index is 12.2. The summed E-state index contributed by atoms with van der Waals surface area (Å²) in [6.45, 7) is 1.97. The normalized spacial score (nSPS) is 10.4. The second kappa shape index (κ2) is 5.82. The predicted molar refractivity (Wildman–Crippen MR) is 85.5 cm³/mol. The molecule has 0 atom stereocenters. The number of hydrogen-bond acceptors (Lipinski definition) is 3. The fourth-order valence-electron chi connectivity index (χ4n) is 2.24. The minimum absolute atomic E-state index is 0.398. The van der Waals surface area contributed by atoms with Crippen LogP contribution in [-0.4, -0.2) is 12.3 Å². The van der Waals surface area contributed by atoms with Gasteiger partial charge in [0.15, 0.2) is 0 Å². The Labute approximate surface area is 128 Å². The summed E-state index contributed by atoms with van der Waals surface area (Å²) >= 11 is 0. The van der Waals surface area contributed by atoms with Gasteiger partial charge in [-0.15, -0.1) is 0 Å². The number of carbonyl (C=O) groups is 2. The summed E-state index contributed by atoms with van der Waals surface area (Å²) < 4.78 is 5.35. The fourth-order valence-corrected chi connectivity index (χ4v) is 2.24. The van der Waals surface area contributed by atoms with Crippen LogP contribution >= 0.6 is 0 Å². The molecule has 0 heterocycles. The largest absolute Gasteiger partial charge is 0.423 e. The van der Waals surface area contributed by atoms with Gasteiger partial charge in [-0.2, -0.15) is 0 Å². The van der Waals surface area contributed by atoms with Crippen LogP contribution in [0.15, 0.2) is 60.7 Å². The number of esters is 1. The van der Waals surface area contributed by atoms with Crippen LogP contribution in [0.1, 0.15) is 26.3 Å². The van der Waals surface area contributed by atoms with E-state index < -0.39 is 5.97 Å². The zero-order valence-corrected chi connectivity index (χ0v) is 12.1. The Kier molecular flexibility index (Phi) is 3.71. The maximum Gasteiger partial charge on any atom is 0.343 e. The highest BCUT2D eigenvalue weighted by atomic mass is 16.5. The minimum atomic E-state index is -0.398. The van der Waals surface area contributed by atoms with Crippen LogP contribution < -0.4 is 4.74 Å². The highest BCUT2D eigenvalue weighted by Gasteiger charge is 2.09. The Morgan fingerprint density at radius 3 is 2.32 bits per heavy atom. The van der Waals surface area contributed by atoms with Gasteiger partial charge in [0.1, 0.15) is 12.0 Å². The molecule has 0 amide bonds. The molecule has 0 saturated heterocycles. The molecule has 0 radical (unpaired) electrons. The molecular formula is C19H14O3. The second-order valence-electron chi connectivity index (χ2n) is 5.14. The number of aryl methyl sites for hydroxylation is 1. The molecule has 0 saturated carbocycles. The molecule has 0 unspecified atom stereocenters. The maximum absolute atomic E-state index is 12.2. The number of aldehydes is 1. The number of ether oxygens (including phenoxy) is 1. The average molecular weight is 290 g/mol. The van der Waals surface area contributed by atoms with Crippen LogP contribution in [0.5, 0.6) is 5.75 Å². The van der Waals surface area contributed by atoms with E-state index in [2.05, 4.69) is 0 Å². The summed E-state index contributed by atoms with van der Waals surface area (Å²) in [5.41, 5.74) is 2.20. The average Bonchev–Trinajstić information content (AvgIpc) is 2.56. The lowest BCUT2D eigenvalue weighted by molar-refractivity contribution is 0.0734. The number of benzene rings is 3. The van der Waals surface area contributed by atoms with Crippen LogP contribution in [0.2, 0.25) is 0 Å². The summed E-state index contributed by atoms with van der Waals surface area (Å²) in [7, 11) is 0. The Bertz CT molecular complexity index is 848. The Balaban J connectivity index is 1.87. The van der Waals surface area contributed by atoms with Crippen molar-refractivity contribution < 1.29 is 14.3 Å². The van der Waals surface area contributed by atoms with Crippen LogP contribution in [0.25, 0.3) is 10.8 Å². The van der Waals surface area contributed by atoms with Crippen molar-refractivity contribution in [1.29, 1.82) is 0 Å². The van der Waals surface area contributed by atoms with Gasteiger partial charge in [-0.25, -0.2) is 4.79 Å². The third-order valence-corrected chi connectivity index (χ3v) is 3.47. The molecule has 3 heteroatoms. The zero-order valence-electron chi connectivity index (χ0n) is 12.1. The zero-order chi connectivity index (χ0) is 15.5. The lowest BCUT2D eigenvalue weighted by Crippen LogP contribution is -2.08. The van der Waals surface area contributed by atoms with E-state index in [0.29, 0.717) is 16.9 Å². The molecule has 0 bridgehead atoms. The van der Waals surface area contributed by atoms with E-state index >= 15 is 0 Å². The van der Waals surface area contributed by atoms with E-state index in [1.54, 1.807) is 36.4 Å². The monoisotopic (exact) mass is 290 g/mol. The lowest BCUT2D eigenvalue weighted by atomic mass is 10.0. The van der Waals surface area contributed by atoms with Gasteiger partial charge in [0.05, 0.1) is 5.56 Å². The highest BCUT2D eigenvalue weighted by Crippen LogP contribution is 2.19. The topological polar surface area (TPSA) is 43.4 Å². The molecule has 22 heavy (non-hydrogen) atoms. The van der Waals surface area contributed by atoms with Gasteiger partial charge in [-0.3, -0.25) is 4.79 Å². The lowest BCUT2D eigenvalue weighted by Gasteiger charge is -2.06. The molecule has 0 aliphatic rings. The SMILES string of the molecule is Cc1ccc(OC(=O)c2ccc3cc(C=O)ccc3c2)cc1. The summed E-state index contributed by atoms with van der Waals surface area (Å²) in [5, 5.41) is 1.81. The molecule has 0 spiro atoms. The molecule has 0 aliphatic heterocycles. The molecule has 3 aromatic carbocycles. The van der Waals surface area contributed by atoms with Gasteiger partial charge in [0.25, 0.3) is 0 Å². The van der Waals surface area contributed by atoms with Gasteiger partial charge in [-0.05, 0) is 48.0 Å². The first kappa shape index (κ1) is 14.0. The molecule has 0 aromatic heterocycles. The van der Waals surface area contributed by atoms with Gasteiger partial charge < -0.3 is 4.74 Å². The number of fused-ring (bicyclic) bond motifs is 1. The summed E-state index contributed by atoms with van der Waals surface area (Å²) in [6, 6.07) is 17.9. The van der Waals surface area contributed by atoms with Crippen molar-refractivity contribution in [3.05, 3.63) is 77.4 Å². The van der Waals surface area contributed by atoms with Crippen LogP contribution in [0.4, 0.5) is 0 Å². The van der Waals surface area contributed by atoms with E-state index in [-0.39, 0.29) is 0 Å². The van der Waals surface area contributed by atoms with Crippen molar-refractivity contribution in [1.82, 2.24) is 0 Å². The highest BCUT2D eigenvalue weighted by molar-refractivity contribution is 5.97. The van der Waals surface area contributed by atoms with Crippen molar-refractivity contribution in [3.63, 3.8) is 0 Å². The van der Waals surface area contributed by atoms with Crippen LogP contribution in [0.3, 0.4) is 0 Å².